The van der Waals surface area contributed by atoms with Gasteiger partial charge in [-0.1, -0.05) is 18.2 Å². The van der Waals surface area contributed by atoms with Crippen LogP contribution in [0, 0.1) is 0 Å². The lowest BCUT2D eigenvalue weighted by Gasteiger charge is -2.22. The zero-order valence-electron chi connectivity index (χ0n) is 12.6. The van der Waals surface area contributed by atoms with Crippen molar-refractivity contribution in [2.45, 2.75) is 12.5 Å². The van der Waals surface area contributed by atoms with Crippen molar-refractivity contribution in [1.82, 2.24) is 0 Å². The topological polar surface area (TPSA) is 71.0 Å². The van der Waals surface area contributed by atoms with Crippen molar-refractivity contribution in [2.75, 3.05) is 23.9 Å². The number of amides is 1. The van der Waals surface area contributed by atoms with Crippen molar-refractivity contribution in [3.8, 4) is 11.5 Å². The molecule has 0 unspecified atom stereocenters. The van der Waals surface area contributed by atoms with Gasteiger partial charge in [-0.3, -0.25) is 4.79 Å². The fraction of sp³-hybridized carbons (Fsp3) is 0.235. The minimum absolute atomic E-state index is 0.0665. The number of hydrogen-bond donors (Lipinski definition) is 2. The first-order valence-corrected chi connectivity index (χ1v) is 7.41. The van der Waals surface area contributed by atoms with E-state index in [1.165, 1.54) is 12.7 Å². The van der Waals surface area contributed by atoms with Gasteiger partial charge in [0.2, 0.25) is 5.75 Å². The lowest BCUT2D eigenvalue weighted by Crippen LogP contribution is -2.39. The van der Waals surface area contributed by atoms with E-state index in [1.807, 2.05) is 23.1 Å². The van der Waals surface area contributed by atoms with E-state index in [4.69, 9.17) is 9.99 Å². The number of methoxy groups -OCH3 is 1. The molecule has 2 heterocycles. The van der Waals surface area contributed by atoms with Gasteiger partial charge in [0.25, 0.3) is 5.91 Å². The molecule has 0 aromatic heterocycles. The Bertz CT molecular complexity index is 790. The van der Waals surface area contributed by atoms with Crippen LogP contribution in [0.3, 0.4) is 0 Å². The van der Waals surface area contributed by atoms with Crippen LogP contribution in [0.4, 0.5) is 11.4 Å². The van der Waals surface area contributed by atoms with Gasteiger partial charge < -0.3 is 19.8 Å². The van der Waals surface area contributed by atoms with Gasteiger partial charge >= 0.3 is 0 Å². The number of carbonyl (C=O) groups excluding carboxylic acids is 1. The summed E-state index contributed by atoms with van der Waals surface area (Å²) in [6.07, 6.45) is 0.823. The minimum Gasteiger partial charge on any atom is -0.493 e. The molecule has 2 aromatic rings. The first-order valence-electron chi connectivity index (χ1n) is 7.41. The molecule has 2 aliphatic rings. The van der Waals surface area contributed by atoms with E-state index in [0.29, 0.717) is 23.5 Å². The molecule has 2 N–H and O–H groups in total. The zero-order chi connectivity index (χ0) is 16.0. The highest BCUT2D eigenvalue weighted by atomic mass is 17.1. The number of nitrogens with one attached hydrogen (secondary N) is 1. The third-order valence-electron chi connectivity index (χ3n) is 4.45. The Morgan fingerprint density at radius 1 is 1.26 bits per heavy atom. The summed E-state index contributed by atoms with van der Waals surface area (Å²) in [6, 6.07) is 11.2. The van der Waals surface area contributed by atoms with Crippen LogP contribution in [0.2, 0.25) is 0 Å². The predicted molar refractivity (Wildman–Crippen MR) is 85.5 cm³/mol. The summed E-state index contributed by atoms with van der Waals surface area (Å²) >= 11 is 0. The summed E-state index contributed by atoms with van der Waals surface area (Å²) in [5.74, 6) is 0.407. The highest BCUT2D eigenvalue weighted by Crippen LogP contribution is 2.40. The van der Waals surface area contributed by atoms with Crippen LogP contribution in [0.25, 0.3) is 0 Å². The first kappa shape index (κ1) is 13.9. The summed E-state index contributed by atoms with van der Waals surface area (Å²) in [5.41, 5.74) is 3.27. The van der Waals surface area contributed by atoms with Crippen LogP contribution < -0.4 is 19.8 Å². The summed E-state index contributed by atoms with van der Waals surface area (Å²) in [6.45, 7) is 0.630. The van der Waals surface area contributed by atoms with Crippen molar-refractivity contribution in [2.24, 2.45) is 0 Å². The molecule has 0 radical (unpaired) electrons. The van der Waals surface area contributed by atoms with Crippen LogP contribution in [0.15, 0.2) is 36.4 Å². The van der Waals surface area contributed by atoms with Gasteiger partial charge in [0.05, 0.1) is 24.4 Å². The maximum atomic E-state index is 13.1. The van der Waals surface area contributed by atoms with Crippen LogP contribution in [0.1, 0.15) is 15.9 Å². The van der Waals surface area contributed by atoms with E-state index >= 15 is 0 Å². The molecule has 4 rings (SSSR count). The minimum atomic E-state index is -0.0808. The van der Waals surface area contributed by atoms with Gasteiger partial charge in [-0.25, -0.2) is 5.26 Å². The normalized spacial score (nSPS) is 18.4. The SMILES string of the molecule is COc1cc2c(cc1OO)NC[C@@H]1Cc3ccccc3N1C2=O. The van der Waals surface area contributed by atoms with E-state index in [2.05, 4.69) is 16.3 Å². The smallest absolute Gasteiger partial charge is 0.260 e. The third-order valence-corrected chi connectivity index (χ3v) is 4.45. The maximum Gasteiger partial charge on any atom is 0.260 e. The van der Waals surface area contributed by atoms with Gasteiger partial charge in [-0.05, 0) is 24.1 Å². The van der Waals surface area contributed by atoms with Gasteiger partial charge in [0.1, 0.15) is 0 Å². The molecule has 0 saturated heterocycles. The molecule has 2 aromatic carbocycles. The second kappa shape index (κ2) is 5.17. The molecule has 2 aliphatic heterocycles. The average Bonchev–Trinajstić information content (AvgIpc) is 2.90. The fourth-order valence-electron chi connectivity index (χ4n) is 3.37. The molecule has 0 aliphatic carbocycles. The molecule has 6 nitrogen and oxygen atoms in total. The molecule has 0 saturated carbocycles. The molecular weight excluding hydrogens is 296 g/mol. The van der Waals surface area contributed by atoms with E-state index < -0.39 is 0 Å². The van der Waals surface area contributed by atoms with Crippen molar-refractivity contribution in [3.05, 3.63) is 47.5 Å². The number of ether oxygens (including phenoxy) is 1. The molecule has 23 heavy (non-hydrogen) atoms. The zero-order valence-corrected chi connectivity index (χ0v) is 12.6. The number of anilines is 2. The number of hydrogen-bond acceptors (Lipinski definition) is 5. The monoisotopic (exact) mass is 312 g/mol. The molecule has 0 bridgehead atoms. The summed E-state index contributed by atoms with van der Waals surface area (Å²) in [4.78, 5) is 19.3. The van der Waals surface area contributed by atoms with Crippen LogP contribution >= 0.6 is 0 Å². The Balaban J connectivity index is 1.83. The van der Waals surface area contributed by atoms with Crippen LogP contribution in [-0.4, -0.2) is 30.9 Å². The Kier molecular flexibility index (Phi) is 3.12. The number of rotatable bonds is 2. The number of fused-ring (bicyclic) bond motifs is 4. The molecule has 0 fully saturated rings. The molecule has 6 heteroatoms. The highest BCUT2D eigenvalue weighted by molar-refractivity contribution is 6.12. The Morgan fingerprint density at radius 2 is 2.09 bits per heavy atom. The molecular formula is C17H16N2O4. The van der Waals surface area contributed by atoms with Crippen molar-refractivity contribution in [3.63, 3.8) is 0 Å². The number of benzene rings is 2. The number of para-hydroxylation sites is 1. The van der Waals surface area contributed by atoms with Gasteiger partial charge in [0.15, 0.2) is 5.75 Å². The third kappa shape index (κ3) is 2.03. The second-order valence-electron chi connectivity index (χ2n) is 5.68. The molecule has 1 atom stereocenters. The van der Waals surface area contributed by atoms with E-state index in [-0.39, 0.29) is 17.7 Å². The lowest BCUT2D eigenvalue weighted by molar-refractivity contribution is -0.138. The van der Waals surface area contributed by atoms with Crippen molar-refractivity contribution in [1.29, 1.82) is 0 Å². The predicted octanol–water partition coefficient (Wildman–Crippen LogP) is 2.54. The number of carbonyl (C=O) groups is 1. The molecule has 0 spiro atoms. The standard InChI is InChI=1S/C17H16N2O4/c1-22-15-7-12-13(8-16(15)23-21)18-9-11-6-10-4-2-3-5-14(10)19(11)17(12)20/h2-5,7-8,11,18,21H,6,9H2,1H3/t11-/m0/s1. The van der Waals surface area contributed by atoms with Crippen molar-refractivity contribution < 1.29 is 19.7 Å². The van der Waals surface area contributed by atoms with Gasteiger partial charge in [-0.15, -0.1) is 0 Å². The van der Waals surface area contributed by atoms with Crippen molar-refractivity contribution >= 4 is 17.3 Å². The quantitative estimate of drug-likeness (QED) is 0.659. The van der Waals surface area contributed by atoms with Crippen LogP contribution in [0.5, 0.6) is 11.5 Å². The summed E-state index contributed by atoms with van der Waals surface area (Å²) in [5, 5.41) is 12.3. The molecule has 1 amide bonds. The largest absolute Gasteiger partial charge is 0.493 e. The first-order chi connectivity index (χ1) is 11.2. The van der Waals surface area contributed by atoms with Crippen LogP contribution in [-0.2, 0) is 6.42 Å². The summed E-state index contributed by atoms with van der Waals surface area (Å²) < 4.78 is 5.19. The Labute approximate surface area is 133 Å². The van der Waals surface area contributed by atoms with E-state index in [1.54, 1.807) is 12.1 Å². The van der Waals surface area contributed by atoms with Gasteiger partial charge in [0, 0.05) is 18.3 Å². The van der Waals surface area contributed by atoms with Gasteiger partial charge in [-0.2, -0.15) is 0 Å². The number of nitrogens with zero attached hydrogens (tertiary/aromatic N) is 1. The molecule has 118 valence electrons. The lowest BCUT2D eigenvalue weighted by atomic mass is 10.1. The van der Waals surface area contributed by atoms with E-state index in [9.17, 15) is 4.79 Å². The Morgan fingerprint density at radius 3 is 2.87 bits per heavy atom. The average molecular weight is 312 g/mol. The fourth-order valence-corrected chi connectivity index (χ4v) is 3.37. The second-order valence-corrected chi connectivity index (χ2v) is 5.68. The Hall–Kier alpha value is -2.73. The maximum absolute atomic E-state index is 13.1. The summed E-state index contributed by atoms with van der Waals surface area (Å²) in [7, 11) is 1.47. The highest BCUT2D eigenvalue weighted by Gasteiger charge is 2.37. The van der Waals surface area contributed by atoms with E-state index in [0.717, 1.165) is 12.1 Å².